The number of halogens is 1. The minimum atomic E-state index is -0.619. The van der Waals surface area contributed by atoms with Gasteiger partial charge in [0.15, 0.2) is 11.6 Å². The Morgan fingerprint density at radius 1 is 1.35 bits per heavy atom. The van der Waals surface area contributed by atoms with Crippen molar-refractivity contribution >= 4 is 16.6 Å². The Hall–Kier alpha value is -2.86. The van der Waals surface area contributed by atoms with Crippen LogP contribution in [0, 0.1) is 28.5 Å². The van der Waals surface area contributed by atoms with Crippen LogP contribution in [0.1, 0.15) is 39.2 Å². The highest BCUT2D eigenvalue weighted by molar-refractivity contribution is 5.91. The van der Waals surface area contributed by atoms with E-state index >= 15 is 4.39 Å². The van der Waals surface area contributed by atoms with Crippen LogP contribution in [0.25, 0.3) is 10.9 Å². The number of anilines is 1. The SMILES string of the molecule is CNC(C1CCN(c2c(F)cc3c(=O)[nH]c(=O)n(C4CC4)c3c2OC)C1)C(C)(C)C#N. The van der Waals surface area contributed by atoms with E-state index in [9.17, 15) is 14.9 Å². The summed E-state index contributed by atoms with van der Waals surface area (Å²) in [7, 11) is 3.27. The number of methoxy groups -OCH3 is 1. The average molecular weight is 429 g/mol. The number of aromatic amines is 1. The third-order valence-corrected chi connectivity index (χ3v) is 6.61. The molecular weight excluding hydrogens is 401 g/mol. The van der Waals surface area contributed by atoms with E-state index in [1.807, 2.05) is 25.8 Å². The first-order chi connectivity index (χ1) is 14.7. The lowest BCUT2D eigenvalue weighted by Gasteiger charge is -2.33. The summed E-state index contributed by atoms with van der Waals surface area (Å²) in [5.74, 6) is -0.215. The van der Waals surface area contributed by atoms with E-state index in [1.54, 1.807) is 0 Å². The highest BCUT2D eigenvalue weighted by Gasteiger charge is 2.40. The standard InChI is InChI=1S/C22H28FN5O3/c1-22(2,11-24)19(25-3)12-7-8-27(10-12)17-15(23)9-14-16(18(17)31-4)28(13-5-6-13)21(30)26-20(14)29/h9,12-13,19,25H,5-8,10H2,1-4H3,(H,26,29,30). The van der Waals surface area contributed by atoms with E-state index in [2.05, 4.69) is 16.4 Å². The fourth-order valence-electron chi connectivity index (χ4n) is 5.03. The predicted octanol–water partition coefficient (Wildman–Crippen LogP) is 2.14. The van der Waals surface area contributed by atoms with Gasteiger partial charge in [0, 0.05) is 25.2 Å². The number of nitriles is 1. The summed E-state index contributed by atoms with van der Waals surface area (Å²) in [6, 6.07) is 3.48. The van der Waals surface area contributed by atoms with E-state index in [0.717, 1.165) is 19.3 Å². The Morgan fingerprint density at radius 3 is 2.65 bits per heavy atom. The lowest BCUT2D eigenvalue weighted by Crippen LogP contribution is -2.46. The second kappa shape index (κ2) is 7.68. The molecule has 2 unspecified atom stereocenters. The third kappa shape index (κ3) is 3.49. The number of fused-ring (bicyclic) bond motifs is 1. The molecule has 9 heteroatoms. The molecule has 0 spiro atoms. The van der Waals surface area contributed by atoms with Crippen molar-refractivity contribution in [2.45, 2.75) is 45.2 Å². The van der Waals surface area contributed by atoms with Gasteiger partial charge in [0.2, 0.25) is 0 Å². The van der Waals surface area contributed by atoms with Gasteiger partial charge in [0.05, 0.1) is 24.0 Å². The van der Waals surface area contributed by atoms with Crippen molar-refractivity contribution in [1.29, 1.82) is 5.26 Å². The molecule has 2 heterocycles. The van der Waals surface area contributed by atoms with Gasteiger partial charge in [-0.15, -0.1) is 0 Å². The highest BCUT2D eigenvalue weighted by atomic mass is 19.1. The van der Waals surface area contributed by atoms with Gasteiger partial charge in [-0.05, 0) is 52.1 Å². The van der Waals surface area contributed by atoms with Gasteiger partial charge in [-0.3, -0.25) is 14.3 Å². The normalized spacial score (nSPS) is 20.1. The first kappa shape index (κ1) is 21.4. The number of benzene rings is 1. The number of hydrogen-bond acceptors (Lipinski definition) is 6. The summed E-state index contributed by atoms with van der Waals surface area (Å²) in [5.41, 5.74) is -1.09. The number of nitrogens with zero attached hydrogens (tertiary/aromatic N) is 3. The predicted molar refractivity (Wildman–Crippen MR) is 116 cm³/mol. The van der Waals surface area contributed by atoms with Crippen LogP contribution in [0.4, 0.5) is 10.1 Å². The van der Waals surface area contributed by atoms with Crippen molar-refractivity contribution in [3.05, 3.63) is 32.7 Å². The topological polar surface area (TPSA) is 103 Å². The number of rotatable bonds is 6. The van der Waals surface area contributed by atoms with Gasteiger partial charge in [0.1, 0.15) is 11.2 Å². The van der Waals surface area contributed by atoms with Gasteiger partial charge in [0.25, 0.3) is 5.56 Å². The number of ether oxygens (including phenoxy) is 1. The van der Waals surface area contributed by atoms with Crippen molar-refractivity contribution < 1.29 is 9.13 Å². The molecule has 1 saturated carbocycles. The van der Waals surface area contributed by atoms with Crippen molar-refractivity contribution in [2.24, 2.45) is 11.3 Å². The second-order valence-corrected chi connectivity index (χ2v) is 9.09. The fourth-order valence-corrected chi connectivity index (χ4v) is 5.03. The van der Waals surface area contributed by atoms with Crippen LogP contribution in [0.5, 0.6) is 5.75 Å². The summed E-state index contributed by atoms with van der Waals surface area (Å²) < 4.78 is 22.5. The zero-order valence-electron chi connectivity index (χ0n) is 18.3. The van der Waals surface area contributed by atoms with E-state index in [4.69, 9.17) is 4.74 Å². The minimum Gasteiger partial charge on any atom is -0.492 e. The van der Waals surface area contributed by atoms with E-state index in [-0.39, 0.29) is 34.8 Å². The largest absolute Gasteiger partial charge is 0.492 e. The molecule has 1 saturated heterocycles. The molecule has 1 aromatic heterocycles. The van der Waals surface area contributed by atoms with Crippen molar-refractivity contribution in [3.8, 4) is 11.8 Å². The van der Waals surface area contributed by atoms with Crippen LogP contribution in [-0.2, 0) is 0 Å². The summed E-state index contributed by atoms with van der Waals surface area (Å²) >= 11 is 0. The Balaban J connectivity index is 1.83. The molecule has 2 atom stereocenters. The smallest absolute Gasteiger partial charge is 0.329 e. The van der Waals surface area contributed by atoms with Crippen LogP contribution in [-0.4, -0.2) is 42.8 Å². The third-order valence-electron chi connectivity index (χ3n) is 6.61. The molecule has 166 valence electrons. The molecule has 2 aliphatic rings. The maximum absolute atomic E-state index is 15.3. The molecule has 31 heavy (non-hydrogen) atoms. The second-order valence-electron chi connectivity index (χ2n) is 9.09. The number of aromatic nitrogens is 2. The molecule has 0 amide bonds. The van der Waals surface area contributed by atoms with Crippen molar-refractivity contribution in [2.75, 3.05) is 32.1 Å². The van der Waals surface area contributed by atoms with Crippen LogP contribution in [0.3, 0.4) is 0 Å². The minimum absolute atomic E-state index is 0.0181. The van der Waals surface area contributed by atoms with E-state index in [1.165, 1.54) is 17.7 Å². The molecule has 2 fully saturated rings. The van der Waals surface area contributed by atoms with Gasteiger partial charge >= 0.3 is 5.69 Å². The average Bonchev–Trinajstić information content (AvgIpc) is 3.45. The monoisotopic (exact) mass is 429 g/mol. The Kier molecular flexibility index (Phi) is 5.30. The lowest BCUT2D eigenvalue weighted by atomic mass is 9.78. The van der Waals surface area contributed by atoms with Crippen LogP contribution < -0.4 is 26.2 Å². The molecule has 1 aliphatic carbocycles. The van der Waals surface area contributed by atoms with Crippen molar-refractivity contribution in [3.63, 3.8) is 0 Å². The maximum Gasteiger partial charge on any atom is 0.329 e. The molecule has 2 aromatic rings. The van der Waals surface area contributed by atoms with Crippen LogP contribution >= 0.6 is 0 Å². The van der Waals surface area contributed by atoms with Crippen LogP contribution in [0.15, 0.2) is 15.7 Å². The highest BCUT2D eigenvalue weighted by Crippen LogP contribution is 2.44. The molecule has 1 aromatic carbocycles. The maximum atomic E-state index is 15.3. The van der Waals surface area contributed by atoms with Gasteiger partial charge in [-0.25, -0.2) is 9.18 Å². The van der Waals surface area contributed by atoms with Gasteiger partial charge in [-0.1, -0.05) is 0 Å². The molecule has 0 bridgehead atoms. The summed E-state index contributed by atoms with van der Waals surface area (Å²) in [6.45, 7) is 4.91. The molecule has 4 rings (SSSR count). The Bertz CT molecular complexity index is 1170. The first-order valence-corrected chi connectivity index (χ1v) is 10.6. The fraction of sp³-hybridized carbons (Fsp3) is 0.591. The molecule has 2 N–H and O–H groups in total. The van der Waals surface area contributed by atoms with Crippen molar-refractivity contribution in [1.82, 2.24) is 14.9 Å². The quantitative estimate of drug-likeness (QED) is 0.729. The summed E-state index contributed by atoms with van der Waals surface area (Å²) in [5, 5.41) is 12.9. The van der Waals surface area contributed by atoms with Crippen LogP contribution in [0.2, 0.25) is 0 Å². The summed E-state index contributed by atoms with van der Waals surface area (Å²) in [4.78, 5) is 29.2. The first-order valence-electron chi connectivity index (χ1n) is 10.6. The number of nitrogens with one attached hydrogen (secondary N) is 2. The molecular formula is C22H28FN5O3. The van der Waals surface area contributed by atoms with E-state index in [0.29, 0.717) is 18.6 Å². The summed E-state index contributed by atoms with van der Waals surface area (Å²) in [6.07, 6.45) is 2.44. The molecule has 8 nitrogen and oxygen atoms in total. The molecule has 0 radical (unpaired) electrons. The lowest BCUT2D eigenvalue weighted by molar-refractivity contribution is 0.253. The van der Waals surface area contributed by atoms with Gasteiger partial charge < -0.3 is 15.0 Å². The van der Waals surface area contributed by atoms with Gasteiger partial charge in [-0.2, -0.15) is 5.26 Å². The number of hydrogen-bond donors (Lipinski definition) is 2. The Labute approximate surface area is 179 Å². The zero-order chi connectivity index (χ0) is 22.5. The Morgan fingerprint density at radius 2 is 2.06 bits per heavy atom. The molecule has 1 aliphatic heterocycles. The zero-order valence-corrected chi connectivity index (χ0v) is 18.3. The number of H-pyrrole nitrogens is 1. The van der Waals surface area contributed by atoms with E-state index < -0.39 is 22.5 Å².